The van der Waals surface area contributed by atoms with E-state index in [4.69, 9.17) is 0 Å². The van der Waals surface area contributed by atoms with Crippen LogP contribution in [0.3, 0.4) is 0 Å². The third kappa shape index (κ3) is 4.79. The molecule has 0 radical (unpaired) electrons. The first-order valence-corrected chi connectivity index (χ1v) is 10.6. The monoisotopic (exact) mass is 426 g/mol. The summed E-state index contributed by atoms with van der Waals surface area (Å²) in [4.78, 5) is 13.0. The van der Waals surface area contributed by atoms with Crippen molar-refractivity contribution in [1.29, 1.82) is 0 Å². The number of carbonyl (C=O) groups excluding carboxylic acids is 1. The van der Waals surface area contributed by atoms with Crippen LogP contribution in [-0.2, 0) is 23.0 Å². The molecule has 0 atom stereocenters. The molecule has 5 nitrogen and oxygen atoms in total. The number of hydrogen-bond donors (Lipinski definition) is 0. The summed E-state index contributed by atoms with van der Waals surface area (Å²) >= 11 is 0. The highest BCUT2D eigenvalue weighted by Crippen LogP contribution is 2.26. The van der Waals surface area contributed by atoms with Gasteiger partial charge in [0.05, 0.1) is 4.90 Å². The van der Waals surface area contributed by atoms with Gasteiger partial charge in [0, 0.05) is 25.2 Å². The third-order valence-electron chi connectivity index (χ3n) is 4.85. The molecule has 0 aromatic heterocycles. The lowest BCUT2D eigenvalue weighted by molar-refractivity contribution is -0.140. The number of alkyl halides is 3. The van der Waals surface area contributed by atoms with E-state index in [2.05, 4.69) is 0 Å². The average Bonchev–Trinajstić information content (AvgIpc) is 2.70. The van der Waals surface area contributed by atoms with E-state index >= 15 is 0 Å². The van der Waals surface area contributed by atoms with Gasteiger partial charge < -0.3 is 4.90 Å². The van der Waals surface area contributed by atoms with E-state index in [1.54, 1.807) is 0 Å². The van der Waals surface area contributed by atoms with Gasteiger partial charge in [-0.3, -0.25) is 4.79 Å². The molecule has 0 spiro atoms. The number of nitrogens with zero attached hydrogens (tertiary/aromatic N) is 2. The van der Waals surface area contributed by atoms with Crippen LogP contribution in [0.25, 0.3) is 0 Å². The number of rotatable bonds is 5. The summed E-state index contributed by atoms with van der Waals surface area (Å²) in [5.74, 6) is -0.856. The fourth-order valence-corrected chi connectivity index (χ4v) is 4.81. The second kappa shape index (κ2) is 8.16. The van der Waals surface area contributed by atoms with E-state index in [9.17, 15) is 26.4 Å². The Bertz CT molecular complexity index is 1010. The molecule has 1 heterocycles. The van der Waals surface area contributed by atoms with Gasteiger partial charge >= 0.3 is 6.18 Å². The lowest BCUT2D eigenvalue weighted by Crippen LogP contribution is -2.39. The zero-order valence-corrected chi connectivity index (χ0v) is 16.6. The van der Waals surface area contributed by atoms with E-state index in [1.807, 2.05) is 24.3 Å². The van der Waals surface area contributed by atoms with Crippen LogP contribution in [-0.4, -0.2) is 49.3 Å². The second-order valence-electron chi connectivity index (χ2n) is 6.82. The van der Waals surface area contributed by atoms with E-state index < -0.39 is 28.7 Å². The molecule has 2 aromatic rings. The molecule has 2 aromatic carbocycles. The highest BCUT2D eigenvalue weighted by molar-refractivity contribution is 7.89. The Labute approximate surface area is 167 Å². The average molecular weight is 426 g/mol. The Morgan fingerprint density at radius 2 is 1.79 bits per heavy atom. The van der Waals surface area contributed by atoms with E-state index in [-0.39, 0.29) is 23.5 Å². The highest BCUT2D eigenvalue weighted by atomic mass is 32.2. The Balaban J connectivity index is 1.86. The maximum absolute atomic E-state index is 13.1. The predicted octanol–water partition coefficient (Wildman–Crippen LogP) is 3.46. The van der Waals surface area contributed by atoms with E-state index in [1.165, 1.54) is 29.4 Å². The largest absolute Gasteiger partial charge is 0.406 e. The summed E-state index contributed by atoms with van der Waals surface area (Å²) in [5.41, 5.74) is 1.92. The fraction of sp³-hybridized carbons (Fsp3) is 0.350. The number of hydrogen-bond acceptors (Lipinski definition) is 3. The summed E-state index contributed by atoms with van der Waals surface area (Å²) in [6.45, 7) is 0.425. The summed E-state index contributed by atoms with van der Waals surface area (Å²) in [6, 6.07) is 12.8. The maximum Gasteiger partial charge on any atom is 0.406 e. The Morgan fingerprint density at radius 1 is 1.10 bits per heavy atom. The number of halogens is 3. The van der Waals surface area contributed by atoms with Crippen LogP contribution >= 0.6 is 0 Å². The molecule has 1 aliphatic rings. The normalized spacial score (nSPS) is 15.0. The third-order valence-corrected chi connectivity index (χ3v) is 6.69. The smallest absolute Gasteiger partial charge is 0.330 e. The zero-order valence-electron chi connectivity index (χ0n) is 15.8. The molecule has 0 unspecified atom stereocenters. The lowest BCUT2D eigenvalue weighted by atomic mass is 10.0. The minimum Gasteiger partial charge on any atom is -0.330 e. The molecule has 0 N–H and O–H groups in total. The van der Waals surface area contributed by atoms with Crippen molar-refractivity contribution in [3.8, 4) is 0 Å². The summed E-state index contributed by atoms with van der Waals surface area (Å²) in [6.07, 6.45) is -3.96. The Kier molecular flexibility index (Phi) is 6.00. The molecular weight excluding hydrogens is 405 g/mol. The molecule has 3 rings (SSSR count). The van der Waals surface area contributed by atoms with Gasteiger partial charge in [0.15, 0.2) is 0 Å². The minimum absolute atomic E-state index is 0.0883. The van der Waals surface area contributed by atoms with Crippen molar-refractivity contribution in [2.24, 2.45) is 0 Å². The van der Waals surface area contributed by atoms with Crippen molar-refractivity contribution in [2.45, 2.75) is 31.0 Å². The molecule has 156 valence electrons. The molecule has 0 saturated carbocycles. The maximum atomic E-state index is 13.1. The molecule has 0 fully saturated rings. The highest BCUT2D eigenvalue weighted by Gasteiger charge is 2.33. The van der Waals surface area contributed by atoms with Crippen molar-refractivity contribution in [2.75, 3.05) is 19.6 Å². The Morgan fingerprint density at radius 3 is 2.45 bits per heavy atom. The number of benzene rings is 2. The van der Waals surface area contributed by atoms with E-state index in [0.29, 0.717) is 17.9 Å². The predicted molar refractivity (Wildman–Crippen MR) is 102 cm³/mol. The Hall–Kier alpha value is -2.39. The lowest BCUT2D eigenvalue weighted by Gasteiger charge is -2.28. The summed E-state index contributed by atoms with van der Waals surface area (Å²) < 4.78 is 65.6. The van der Waals surface area contributed by atoms with Gasteiger partial charge in [0.25, 0.3) is 5.91 Å². The first kappa shape index (κ1) is 21.3. The molecule has 1 aliphatic heterocycles. The van der Waals surface area contributed by atoms with Crippen LogP contribution in [0.5, 0.6) is 0 Å². The molecule has 0 saturated heterocycles. The molecule has 9 heteroatoms. The van der Waals surface area contributed by atoms with Crippen LogP contribution < -0.4 is 0 Å². The molecule has 0 bridgehead atoms. The molecule has 29 heavy (non-hydrogen) atoms. The molecule has 1 amide bonds. The van der Waals surface area contributed by atoms with Crippen molar-refractivity contribution in [3.63, 3.8) is 0 Å². The summed E-state index contributed by atoms with van der Waals surface area (Å²) in [7, 11) is -3.89. The van der Waals surface area contributed by atoms with Crippen molar-refractivity contribution < 1.29 is 26.4 Å². The van der Waals surface area contributed by atoms with Crippen molar-refractivity contribution >= 4 is 15.9 Å². The number of carbonyl (C=O) groups is 1. The van der Waals surface area contributed by atoms with Crippen LogP contribution in [0.1, 0.15) is 28.4 Å². The van der Waals surface area contributed by atoms with Gasteiger partial charge in [-0.15, -0.1) is 0 Å². The van der Waals surface area contributed by atoms with Crippen LogP contribution in [0, 0.1) is 0 Å². The quantitative estimate of drug-likeness (QED) is 0.736. The second-order valence-corrected chi connectivity index (χ2v) is 8.76. The van der Waals surface area contributed by atoms with Gasteiger partial charge in [0.1, 0.15) is 6.54 Å². The van der Waals surface area contributed by atoms with Gasteiger partial charge in [-0.05, 0) is 42.7 Å². The van der Waals surface area contributed by atoms with Crippen molar-refractivity contribution in [1.82, 2.24) is 9.21 Å². The van der Waals surface area contributed by atoms with Gasteiger partial charge in [-0.1, -0.05) is 30.3 Å². The summed E-state index contributed by atoms with van der Waals surface area (Å²) in [5, 5.41) is 0. The molecular formula is C20H21F3N2O3S. The topological polar surface area (TPSA) is 57.7 Å². The number of sulfonamides is 1. The van der Waals surface area contributed by atoms with Crippen molar-refractivity contribution in [3.05, 3.63) is 65.2 Å². The first-order valence-electron chi connectivity index (χ1n) is 9.15. The van der Waals surface area contributed by atoms with Gasteiger partial charge in [-0.25, -0.2) is 8.42 Å². The fourth-order valence-electron chi connectivity index (χ4n) is 3.34. The van der Waals surface area contributed by atoms with E-state index in [0.717, 1.165) is 17.2 Å². The van der Waals surface area contributed by atoms with Gasteiger partial charge in [0.2, 0.25) is 10.0 Å². The number of amides is 1. The standard InChI is InChI=1S/C20H21F3N2O3S/c1-2-24(14-20(21,22)23)19(26)16-8-5-9-18(12-16)29(27,28)25-11-10-15-6-3-4-7-17(15)13-25/h3-9,12H,2,10-11,13-14H2,1H3. The number of fused-ring (bicyclic) bond motifs is 1. The SMILES string of the molecule is CCN(CC(F)(F)F)C(=O)c1cccc(S(=O)(=O)N2CCc3ccccc3C2)c1. The van der Waals surface area contributed by atoms with Crippen LogP contribution in [0.2, 0.25) is 0 Å². The molecule has 0 aliphatic carbocycles. The van der Waals surface area contributed by atoms with Crippen LogP contribution in [0.15, 0.2) is 53.4 Å². The van der Waals surface area contributed by atoms with Crippen LogP contribution in [0.4, 0.5) is 13.2 Å². The van der Waals surface area contributed by atoms with Gasteiger partial charge in [-0.2, -0.15) is 17.5 Å². The minimum atomic E-state index is -4.53. The zero-order chi connectivity index (χ0) is 21.2. The first-order chi connectivity index (χ1) is 13.6.